The fraction of sp³-hybridized carbons (Fsp3) is 0.656. The summed E-state index contributed by atoms with van der Waals surface area (Å²) < 4.78 is 5.86. The Bertz CT molecular complexity index is 1220. The number of ether oxygens (including phenoxy) is 1. The first-order chi connectivity index (χ1) is 20.8. The quantitative estimate of drug-likeness (QED) is 0.293. The van der Waals surface area contributed by atoms with Crippen molar-refractivity contribution in [1.82, 2.24) is 19.8 Å². The number of Topliss-reactive ketones (excluding diaryl/α,β-unsaturated/α-hetero) is 1. The summed E-state index contributed by atoms with van der Waals surface area (Å²) in [5.74, 6) is 1.52. The maximum absolute atomic E-state index is 13.2. The third-order valence-electron chi connectivity index (χ3n) is 9.21. The van der Waals surface area contributed by atoms with Gasteiger partial charge in [0.15, 0.2) is 28.3 Å². The fourth-order valence-electron chi connectivity index (χ4n) is 6.47. The lowest BCUT2D eigenvalue weighted by Gasteiger charge is -2.42. The van der Waals surface area contributed by atoms with E-state index in [-0.39, 0.29) is 28.8 Å². The van der Waals surface area contributed by atoms with E-state index in [1.54, 1.807) is 7.11 Å². The third kappa shape index (κ3) is 8.09. The number of carbonyl (C=O) groups excluding carboxylic acids is 1. The predicted molar refractivity (Wildman–Crippen MR) is 173 cm³/mol. The number of rotatable bonds is 11. The minimum atomic E-state index is -0.253. The molecule has 3 fully saturated rings. The summed E-state index contributed by atoms with van der Waals surface area (Å²) in [5.41, 5.74) is 2.09. The highest BCUT2D eigenvalue weighted by Gasteiger charge is 2.28. The van der Waals surface area contributed by atoms with Crippen molar-refractivity contribution in [3.05, 3.63) is 29.0 Å². The fourth-order valence-corrected chi connectivity index (χ4v) is 6.65. The van der Waals surface area contributed by atoms with E-state index in [9.17, 15) is 9.90 Å². The van der Waals surface area contributed by atoms with Gasteiger partial charge in [0.2, 0.25) is 0 Å². The van der Waals surface area contributed by atoms with Crippen LogP contribution in [0.4, 0.5) is 23.0 Å². The molecule has 0 amide bonds. The van der Waals surface area contributed by atoms with Crippen LogP contribution in [0.25, 0.3) is 0 Å². The van der Waals surface area contributed by atoms with E-state index in [0.29, 0.717) is 24.1 Å². The molecule has 0 atom stereocenters. The summed E-state index contributed by atoms with van der Waals surface area (Å²) in [7, 11) is 3.90. The summed E-state index contributed by atoms with van der Waals surface area (Å²) in [6.07, 6.45) is 7.23. The zero-order valence-electron chi connectivity index (χ0n) is 25.9. The van der Waals surface area contributed by atoms with E-state index in [4.69, 9.17) is 21.3 Å². The minimum Gasteiger partial charge on any atom is -0.495 e. The normalized spacial score (nSPS) is 22.4. The molecule has 1 aromatic carbocycles. The van der Waals surface area contributed by atoms with E-state index < -0.39 is 0 Å². The predicted octanol–water partition coefficient (Wildman–Crippen LogP) is 5.19. The van der Waals surface area contributed by atoms with E-state index >= 15 is 0 Å². The Kier molecular flexibility index (Phi) is 11.0. The molecule has 5 rings (SSSR count). The van der Waals surface area contributed by atoms with Crippen LogP contribution < -0.4 is 20.3 Å². The van der Waals surface area contributed by atoms with E-state index in [2.05, 4.69) is 50.4 Å². The third-order valence-corrected chi connectivity index (χ3v) is 9.48. The number of likely N-dealkylation sites (N-methyl/N-ethyl adjacent to an activating group) is 1. The first-order valence-electron chi connectivity index (χ1n) is 16.0. The van der Waals surface area contributed by atoms with Crippen molar-refractivity contribution < 1.29 is 14.6 Å². The Morgan fingerprint density at radius 1 is 1.02 bits per heavy atom. The molecule has 3 aliphatic rings. The Morgan fingerprint density at radius 2 is 1.74 bits per heavy atom. The summed E-state index contributed by atoms with van der Waals surface area (Å²) in [6.45, 7) is 8.65. The second kappa shape index (κ2) is 14.9. The molecule has 1 saturated carbocycles. The number of halogens is 1. The number of nitrogens with zero attached hydrogens (tertiary/aromatic N) is 5. The lowest BCUT2D eigenvalue weighted by molar-refractivity contribution is 0.0975. The van der Waals surface area contributed by atoms with Gasteiger partial charge in [0, 0.05) is 69.5 Å². The number of unbranched alkanes of at least 4 members (excludes halogenated alkanes) is 1. The molecule has 2 saturated heterocycles. The van der Waals surface area contributed by atoms with Gasteiger partial charge in [0.1, 0.15) is 5.75 Å². The topological polar surface area (TPSA) is 106 Å². The minimum absolute atomic E-state index is 0.0853. The number of aliphatic hydroxyl groups is 1. The number of aliphatic hydroxyl groups excluding tert-OH is 1. The molecule has 43 heavy (non-hydrogen) atoms. The molecule has 1 aliphatic carbocycles. The lowest BCUT2D eigenvalue weighted by Crippen LogP contribution is -2.52. The summed E-state index contributed by atoms with van der Waals surface area (Å²) >= 11 is 6.55. The maximum Gasteiger partial charge on any atom is 0.185 e. The van der Waals surface area contributed by atoms with Crippen LogP contribution in [0.15, 0.2) is 18.2 Å². The van der Waals surface area contributed by atoms with Gasteiger partial charge >= 0.3 is 0 Å². The van der Waals surface area contributed by atoms with Crippen molar-refractivity contribution in [3.63, 3.8) is 0 Å². The average Bonchev–Trinajstić information content (AvgIpc) is 3.02. The van der Waals surface area contributed by atoms with Crippen LogP contribution in [0.5, 0.6) is 5.75 Å². The van der Waals surface area contributed by atoms with Crippen LogP contribution in [0.2, 0.25) is 5.15 Å². The van der Waals surface area contributed by atoms with Gasteiger partial charge in [-0.2, -0.15) is 0 Å². The Morgan fingerprint density at radius 3 is 2.42 bits per heavy atom. The zero-order valence-corrected chi connectivity index (χ0v) is 26.7. The van der Waals surface area contributed by atoms with Gasteiger partial charge in [0.25, 0.3) is 0 Å². The van der Waals surface area contributed by atoms with Gasteiger partial charge in [-0.25, -0.2) is 9.97 Å². The van der Waals surface area contributed by atoms with Gasteiger partial charge in [-0.3, -0.25) is 9.69 Å². The van der Waals surface area contributed by atoms with Gasteiger partial charge < -0.3 is 30.3 Å². The summed E-state index contributed by atoms with van der Waals surface area (Å²) in [5, 5.41) is 16.8. The van der Waals surface area contributed by atoms with E-state index in [0.717, 1.165) is 108 Å². The highest BCUT2D eigenvalue weighted by atomic mass is 35.5. The second-order valence-corrected chi connectivity index (χ2v) is 12.7. The molecular weight excluding hydrogens is 566 g/mol. The molecule has 0 spiro atoms. The lowest BCUT2D eigenvalue weighted by atomic mass is 9.93. The summed E-state index contributed by atoms with van der Waals surface area (Å²) in [4.78, 5) is 29.9. The highest BCUT2D eigenvalue weighted by molar-refractivity contribution is 6.32. The number of hydrogen-bond acceptors (Lipinski definition) is 10. The smallest absolute Gasteiger partial charge is 0.185 e. The number of piperidine rings is 1. The molecule has 0 unspecified atom stereocenters. The number of nitrogens with one attached hydrogen (secondary N) is 2. The number of benzene rings is 1. The maximum atomic E-state index is 13.2. The van der Waals surface area contributed by atoms with Crippen molar-refractivity contribution in [3.8, 4) is 5.75 Å². The zero-order chi connectivity index (χ0) is 30.3. The molecule has 3 heterocycles. The van der Waals surface area contributed by atoms with Crippen LogP contribution in [0.3, 0.4) is 0 Å². The van der Waals surface area contributed by atoms with Crippen LogP contribution in [-0.2, 0) is 0 Å². The average molecular weight is 614 g/mol. The summed E-state index contributed by atoms with van der Waals surface area (Å²) in [6, 6.07) is 6.85. The molecule has 10 nitrogen and oxygen atoms in total. The SMILES string of the molecule is CCCCC(=O)c1nc(Cl)c(N[C@H]2CC[C@H](O)CC2)nc1Nc1ccc(N2CCC(N3CCN(C)CC3)CC2)c(OC)c1. The molecule has 236 valence electrons. The van der Waals surface area contributed by atoms with E-state index in [1.807, 2.05) is 12.1 Å². The molecule has 0 radical (unpaired) electrons. The molecule has 2 aliphatic heterocycles. The number of carbonyl (C=O) groups is 1. The molecule has 0 bridgehead atoms. The van der Waals surface area contributed by atoms with Gasteiger partial charge in [0.05, 0.1) is 18.9 Å². The number of anilines is 4. The van der Waals surface area contributed by atoms with Crippen molar-refractivity contribution in [2.75, 3.05) is 69.0 Å². The van der Waals surface area contributed by atoms with Crippen molar-refractivity contribution in [1.29, 1.82) is 0 Å². The highest BCUT2D eigenvalue weighted by Crippen LogP contribution is 2.36. The number of methoxy groups -OCH3 is 1. The van der Waals surface area contributed by atoms with Crippen molar-refractivity contribution in [2.45, 2.75) is 82.9 Å². The van der Waals surface area contributed by atoms with Gasteiger partial charge in [-0.15, -0.1) is 0 Å². The molecule has 1 aromatic heterocycles. The molecular formula is C32H48ClN7O3. The van der Waals surface area contributed by atoms with Crippen molar-refractivity contribution in [2.24, 2.45) is 0 Å². The van der Waals surface area contributed by atoms with Crippen LogP contribution in [-0.4, -0.2) is 102 Å². The first kappa shape index (κ1) is 31.8. The largest absolute Gasteiger partial charge is 0.495 e. The van der Waals surface area contributed by atoms with Crippen LogP contribution in [0.1, 0.15) is 75.2 Å². The standard InChI is InChI=1S/C32H48ClN7O3/c1-4-5-6-27(42)29-31(37-32(30(33)36-29)34-22-7-10-25(41)11-8-22)35-23-9-12-26(28(21-23)43-3)40-15-13-24(14-16-40)39-19-17-38(2)18-20-39/h9,12,21-22,24-25,41H,4-8,10-11,13-20H2,1-3H3,(H2,34,35,37)/t22-,25-. The first-order valence-corrected chi connectivity index (χ1v) is 16.4. The number of ketones is 1. The Hall–Kier alpha value is -2.66. The molecule has 3 N–H and O–H groups in total. The van der Waals surface area contributed by atoms with Gasteiger partial charge in [-0.1, -0.05) is 24.9 Å². The van der Waals surface area contributed by atoms with E-state index in [1.165, 1.54) is 0 Å². The van der Waals surface area contributed by atoms with Crippen molar-refractivity contribution >= 4 is 40.4 Å². The number of piperazine rings is 1. The van der Waals surface area contributed by atoms with Crippen LogP contribution in [0, 0.1) is 0 Å². The number of hydrogen-bond donors (Lipinski definition) is 3. The second-order valence-electron chi connectivity index (χ2n) is 12.3. The van der Waals surface area contributed by atoms with Gasteiger partial charge in [-0.05, 0) is 64.1 Å². The Labute approximate surface area is 261 Å². The monoisotopic (exact) mass is 613 g/mol. The molecule has 11 heteroatoms. The number of aromatic nitrogens is 2. The van der Waals surface area contributed by atoms with Crippen LogP contribution >= 0.6 is 11.6 Å². The Balaban J connectivity index is 1.31. The molecule has 2 aromatic rings.